The molecule has 80 valence electrons. The second kappa shape index (κ2) is 5.49. The molecular weight excluding hydrogens is 355 g/mol. The van der Waals surface area contributed by atoms with Crippen molar-refractivity contribution in [1.82, 2.24) is 9.78 Å². The molecule has 0 saturated heterocycles. The molecule has 0 fully saturated rings. The molecule has 0 radical (unpaired) electrons. The molecule has 4 heteroatoms. The summed E-state index contributed by atoms with van der Waals surface area (Å²) >= 11 is 5.91. The highest BCUT2D eigenvalue weighted by molar-refractivity contribution is 14.1. The van der Waals surface area contributed by atoms with Crippen molar-refractivity contribution >= 4 is 38.5 Å². The van der Waals surface area contributed by atoms with Gasteiger partial charge in [0.2, 0.25) is 0 Å². The van der Waals surface area contributed by atoms with Gasteiger partial charge in [0.15, 0.2) is 0 Å². The monoisotopic (exact) mass is 370 g/mol. The summed E-state index contributed by atoms with van der Waals surface area (Å²) in [6.07, 6.45) is 6.38. The minimum absolute atomic E-state index is 0.356. The smallest absolute Gasteiger partial charge is 0.0623 e. The van der Waals surface area contributed by atoms with E-state index in [2.05, 4.69) is 68.3 Å². The second-order valence-corrected chi connectivity index (χ2v) is 5.50. The summed E-state index contributed by atoms with van der Waals surface area (Å²) in [5, 5.41) is 5.38. The minimum Gasteiger partial charge on any atom is -0.271 e. The molecule has 0 amide bonds. The van der Waals surface area contributed by atoms with Crippen molar-refractivity contribution in [2.45, 2.75) is 33.2 Å². The Labute approximate surface area is 108 Å². The van der Waals surface area contributed by atoms with Crippen LogP contribution in [0.2, 0.25) is 0 Å². The lowest BCUT2D eigenvalue weighted by Crippen LogP contribution is -2.27. The molecule has 1 heterocycles. The molecule has 1 aromatic rings. The minimum atomic E-state index is 0.356. The van der Waals surface area contributed by atoms with Crippen molar-refractivity contribution in [3.8, 4) is 0 Å². The van der Waals surface area contributed by atoms with Crippen LogP contribution in [-0.4, -0.2) is 15.1 Å². The molecular formula is C10H16BrIN2. The fourth-order valence-electron chi connectivity index (χ4n) is 1.47. The van der Waals surface area contributed by atoms with Crippen LogP contribution in [0.1, 0.15) is 26.7 Å². The molecule has 0 aliphatic rings. The highest BCUT2D eigenvalue weighted by Gasteiger charge is 2.25. The molecule has 0 aliphatic carbocycles. The van der Waals surface area contributed by atoms with E-state index in [1.807, 2.05) is 6.20 Å². The third kappa shape index (κ3) is 2.95. The van der Waals surface area contributed by atoms with E-state index in [1.54, 1.807) is 0 Å². The average molecular weight is 371 g/mol. The van der Waals surface area contributed by atoms with Gasteiger partial charge in [0.25, 0.3) is 0 Å². The first-order valence-corrected chi connectivity index (χ1v) is 7.09. The molecule has 1 rings (SSSR count). The third-order valence-electron chi connectivity index (χ3n) is 2.88. The Morgan fingerprint density at radius 2 is 2.14 bits per heavy atom. The Balaban J connectivity index is 2.73. The zero-order valence-corrected chi connectivity index (χ0v) is 12.4. The summed E-state index contributed by atoms with van der Waals surface area (Å²) in [5.41, 5.74) is 0.356. The van der Waals surface area contributed by atoms with Crippen molar-refractivity contribution in [1.29, 1.82) is 0 Å². The maximum absolute atomic E-state index is 4.33. The van der Waals surface area contributed by atoms with Crippen molar-refractivity contribution in [2.24, 2.45) is 5.41 Å². The Bertz CT molecular complexity index is 273. The SMILES string of the molecule is CCC(CC)(CBr)Cn1cc(I)cn1. The van der Waals surface area contributed by atoms with Gasteiger partial charge in [-0.25, -0.2) is 0 Å². The lowest BCUT2D eigenvalue weighted by atomic mass is 9.85. The lowest BCUT2D eigenvalue weighted by Gasteiger charge is -2.29. The van der Waals surface area contributed by atoms with Crippen molar-refractivity contribution in [3.63, 3.8) is 0 Å². The lowest BCUT2D eigenvalue weighted by molar-refractivity contribution is 0.248. The second-order valence-electron chi connectivity index (χ2n) is 3.70. The molecule has 0 aliphatic heterocycles. The van der Waals surface area contributed by atoms with Crippen LogP contribution in [0.3, 0.4) is 0 Å². The van der Waals surface area contributed by atoms with Gasteiger partial charge in [0, 0.05) is 18.1 Å². The number of aromatic nitrogens is 2. The number of nitrogens with zero attached hydrogens (tertiary/aromatic N) is 2. The molecule has 0 N–H and O–H groups in total. The first-order valence-electron chi connectivity index (χ1n) is 4.89. The third-order valence-corrected chi connectivity index (χ3v) is 4.63. The van der Waals surface area contributed by atoms with Crippen LogP contribution in [0.25, 0.3) is 0 Å². The number of alkyl halides is 1. The van der Waals surface area contributed by atoms with E-state index in [9.17, 15) is 0 Å². The number of hydrogen-bond acceptors (Lipinski definition) is 1. The first kappa shape index (κ1) is 12.5. The van der Waals surface area contributed by atoms with Gasteiger partial charge in [-0.3, -0.25) is 4.68 Å². The molecule has 14 heavy (non-hydrogen) atoms. The van der Waals surface area contributed by atoms with E-state index in [4.69, 9.17) is 0 Å². The van der Waals surface area contributed by atoms with E-state index in [1.165, 1.54) is 16.4 Å². The molecule has 0 saturated carbocycles. The summed E-state index contributed by atoms with van der Waals surface area (Å²) < 4.78 is 3.26. The first-order chi connectivity index (χ1) is 6.65. The van der Waals surface area contributed by atoms with E-state index in [-0.39, 0.29) is 0 Å². The summed E-state index contributed by atoms with van der Waals surface area (Å²) in [7, 11) is 0. The highest BCUT2D eigenvalue weighted by Crippen LogP contribution is 2.30. The molecule has 0 unspecified atom stereocenters. The van der Waals surface area contributed by atoms with Crippen LogP contribution >= 0.6 is 38.5 Å². The topological polar surface area (TPSA) is 17.8 Å². The number of halogens is 2. The normalized spacial score (nSPS) is 12.0. The summed E-state index contributed by atoms with van der Waals surface area (Å²) in [4.78, 5) is 0. The predicted molar refractivity (Wildman–Crippen MR) is 71.8 cm³/mol. The van der Waals surface area contributed by atoms with Gasteiger partial charge in [-0.15, -0.1) is 0 Å². The molecule has 0 atom stereocenters. The van der Waals surface area contributed by atoms with Gasteiger partial charge < -0.3 is 0 Å². The fourth-order valence-corrected chi connectivity index (χ4v) is 2.89. The Morgan fingerprint density at radius 1 is 1.50 bits per heavy atom. The van der Waals surface area contributed by atoms with Crippen molar-refractivity contribution in [3.05, 3.63) is 16.0 Å². The van der Waals surface area contributed by atoms with Gasteiger partial charge in [-0.2, -0.15) is 5.10 Å². The molecule has 0 bridgehead atoms. The van der Waals surface area contributed by atoms with Crippen LogP contribution in [-0.2, 0) is 6.54 Å². The van der Waals surface area contributed by atoms with E-state index < -0.39 is 0 Å². The Hall–Kier alpha value is 0.420. The maximum Gasteiger partial charge on any atom is 0.0623 e. The summed E-state index contributed by atoms with van der Waals surface area (Å²) in [6, 6.07) is 0. The molecule has 1 aromatic heterocycles. The fraction of sp³-hybridized carbons (Fsp3) is 0.700. The van der Waals surface area contributed by atoms with Gasteiger partial charge >= 0.3 is 0 Å². The highest BCUT2D eigenvalue weighted by atomic mass is 127. The van der Waals surface area contributed by atoms with Crippen molar-refractivity contribution in [2.75, 3.05) is 5.33 Å². The standard InChI is InChI=1S/C10H16BrIN2/c1-3-10(4-2,7-11)8-14-6-9(12)5-13-14/h5-6H,3-4,7-8H2,1-2H3. The van der Waals surface area contributed by atoms with E-state index >= 15 is 0 Å². The molecule has 0 spiro atoms. The largest absolute Gasteiger partial charge is 0.271 e. The Kier molecular flexibility index (Phi) is 4.90. The molecule has 2 nitrogen and oxygen atoms in total. The molecule has 0 aromatic carbocycles. The van der Waals surface area contributed by atoms with Crippen LogP contribution in [0.5, 0.6) is 0 Å². The van der Waals surface area contributed by atoms with Gasteiger partial charge in [0.1, 0.15) is 0 Å². The number of hydrogen-bond donors (Lipinski definition) is 0. The quantitative estimate of drug-likeness (QED) is 0.571. The van der Waals surface area contributed by atoms with Crippen LogP contribution in [0, 0.1) is 8.99 Å². The van der Waals surface area contributed by atoms with Crippen LogP contribution < -0.4 is 0 Å². The van der Waals surface area contributed by atoms with Gasteiger partial charge in [-0.05, 0) is 40.8 Å². The maximum atomic E-state index is 4.33. The van der Waals surface area contributed by atoms with Gasteiger partial charge in [-0.1, -0.05) is 29.8 Å². The van der Waals surface area contributed by atoms with Crippen molar-refractivity contribution < 1.29 is 0 Å². The van der Waals surface area contributed by atoms with Gasteiger partial charge in [0.05, 0.1) is 9.77 Å². The Morgan fingerprint density at radius 3 is 2.50 bits per heavy atom. The predicted octanol–water partition coefficient (Wildman–Crippen LogP) is 3.69. The van der Waals surface area contributed by atoms with E-state index in [0.717, 1.165) is 11.9 Å². The van der Waals surface area contributed by atoms with E-state index in [0.29, 0.717) is 5.41 Å². The summed E-state index contributed by atoms with van der Waals surface area (Å²) in [6.45, 7) is 5.51. The zero-order chi connectivity index (χ0) is 10.6. The average Bonchev–Trinajstić information content (AvgIpc) is 2.61. The summed E-state index contributed by atoms with van der Waals surface area (Å²) in [5.74, 6) is 0. The van der Waals surface area contributed by atoms with Crippen LogP contribution in [0.15, 0.2) is 12.4 Å². The van der Waals surface area contributed by atoms with Crippen LogP contribution in [0.4, 0.5) is 0 Å². The number of rotatable bonds is 5. The zero-order valence-electron chi connectivity index (χ0n) is 8.63.